The SMILES string of the molecule is CCC(N)c1cnn(Cc2cc(F)ccc2C)c1. The van der Waals surface area contributed by atoms with Crippen LogP contribution in [0.2, 0.25) is 0 Å². The number of benzene rings is 1. The Hall–Kier alpha value is -1.68. The lowest BCUT2D eigenvalue weighted by Crippen LogP contribution is -2.07. The van der Waals surface area contributed by atoms with E-state index in [9.17, 15) is 4.39 Å². The molecule has 0 saturated carbocycles. The molecule has 1 aromatic heterocycles. The van der Waals surface area contributed by atoms with Crippen LogP contribution in [0.25, 0.3) is 0 Å². The smallest absolute Gasteiger partial charge is 0.123 e. The molecular weight excluding hydrogens is 229 g/mol. The van der Waals surface area contributed by atoms with Gasteiger partial charge in [-0.2, -0.15) is 5.10 Å². The maximum Gasteiger partial charge on any atom is 0.123 e. The molecule has 0 spiro atoms. The maximum atomic E-state index is 13.2. The first kappa shape index (κ1) is 12.8. The van der Waals surface area contributed by atoms with E-state index in [1.165, 1.54) is 6.07 Å². The Morgan fingerprint density at radius 3 is 2.94 bits per heavy atom. The van der Waals surface area contributed by atoms with Crippen molar-refractivity contribution in [2.75, 3.05) is 0 Å². The van der Waals surface area contributed by atoms with Gasteiger partial charge in [0, 0.05) is 17.8 Å². The standard InChI is InChI=1S/C14H18FN3/c1-3-14(16)12-7-17-18(9-12)8-11-6-13(15)5-4-10(11)2/h4-7,9,14H,3,8,16H2,1-2H3. The zero-order valence-corrected chi connectivity index (χ0v) is 10.7. The van der Waals surface area contributed by atoms with Crippen molar-refractivity contribution in [2.45, 2.75) is 32.9 Å². The molecule has 2 aromatic rings. The van der Waals surface area contributed by atoms with Crippen LogP contribution in [0.4, 0.5) is 4.39 Å². The van der Waals surface area contributed by atoms with Gasteiger partial charge >= 0.3 is 0 Å². The normalized spacial score (nSPS) is 12.7. The van der Waals surface area contributed by atoms with Crippen LogP contribution in [0.15, 0.2) is 30.6 Å². The van der Waals surface area contributed by atoms with Crippen LogP contribution in [0.1, 0.15) is 36.1 Å². The van der Waals surface area contributed by atoms with E-state index in [4.69, 9.17) is 5.73 Å². The average molecular weight is 247 g/mol. The van der Waals surface area contributed by atoms with Gasteiger partial charge in [-0.25, -0.2) is 4.39 Å². The summed E-state index contributed by atoms with van der Waals surface area (Å²) >= 11 is 0. The first-order valence-corrected chi connectivity index (χ1v) is 6.13. The summed E-state index contributed by atoms with van der Waals surface area (Å²) in [6, 6.07) is 4.83. The monoisotopic (exact) mass is 247 g/mol. The summed E-state index contributed by atoms with van der Waals surface area (Å²) in [6.07, 6.45) is 4.59. The van der Waals surface area contributed by atoms with Crippen LogP contribution in [0, 0.1) is 12.7 Å². The van der Waals surface area contributed by atoms with E-state index in [1.807, 2.05) is 20.0 Å². The molecule has 1 aromatic carbocycles. The van der Waals surface area contributed by atoms with Gasteiger partial charge in [0.25, 0.3) is 0 Å². The second-order valence-electron chi connectivity index (χ2n) is 4.56. The topological polar surface area (TPSA) is 43.8 Å². The Balaban J connectivity index is 2.18. The number of aromatic nitrogens is 2. The third-order valence-corrected chi connectivity index (χ3v) is 3.16. The summed E-state index contributed by atoms with van der Waals surface area (Å²) in [4.78, 5) is 0. The molecule has 0 aliphatic heterocycles. The first-order chi connectivity index (χ1) is 8.60. The van der Waals surface area contributed by atoms with Crippen molar-refractivity contribution in [3.8, 4) is 0 Å². The van der Waals surface area contributed by atoms with E-state index in [1.54, 1.807) is 23.0 Å². The minimum Gasteiger partial charge on any atom is -0.324 e. The molecule has 18 heavy (non-hydrogen) atoms. The van der Waals surface area contributed by atoms with Crippen molar-refractivity contribution in [1.82, 2.24) is 9.78 Å². The summed E-state index contributed by atoms with van der Waals surface area (Å²) in [5.74, 6) is -0.215. The lowest BCUT2D eigenvalue weighted by Gasteiger charge is -2.07. The van der Waals surface area contributed by atoms with Gasteiger partial charge < -0.3 is 5.73 Å². The van der Waals surface area contributed by atoms with Crippen molar-refractivity contribution in [3.05, 3.63) is 53.1 Å². The number of hydrogen-bond acceptors (Lipinski definition) is 2. The van der Waals surface area contributed by atoms with Gasteiger partial charge in [-0.15, -0.1) is 0 Å². The molecule has 4 heteroatoms. The summed E-state index contributed by atoms with van der Waals surface area (Å²) in [7, 11) is 0. The van der Waals surface area contributed by atoms with Gasteiger partial charge in [-0.05, 0) is 36.6 Å². The molecule has 2 rings (SSSR count). The number of rotatable bonds is 4. The van der Waals surface area contributed by atoms with Crippen LogP contribution >= 0.6 is 0 Å². The summed E-state index contributed by atoms with van der Waals surface area (Å²) < 4.78 is 15.0. The van der Waals surface area contributed by atoms with Gasteiger partial charge in [-0.3, -0.25) is 4.68 Å². The minimum absolute atomic E-state index is 0.0207. The van der Waals surface area contributed by atoms with Crippen LogP contribution < -0.4 is 5.73 Å². The van der Waals surface area contributed by atoms with Gasteiger partial charge in [-0.1, -0.05) is 13.0 Å². The molecule has 1 atom stereocenters. The Morgan fingerprint density at radius 1 is 1.44 bits per heavy atom. The molecule has 96 valence electrons. The maximum absolute atomic E-state index is 13.2. The van der Waals surface area contributed by atoms with Gasteiger partial charge in [0.15, 0.2) is 0 Å². The number of nitrogens with two attached hydrogens (primary N) is 1. The third kappa shape index (κ3) is 2.76. The highest BCUT2D eigenvalue weighted by molar-refractivity contribution is 5.27. The molecule has 0 radical (unpaired) electrons. The fourth-order valence-electron chi connectivity index (χ4n) is 1.88. The molecule has 0 bridgehead atoms. The molecule has 1 unspecified atom stereocenters. The molecule has 3 nitrogen and oxygen atoms in total. The van der Waals surface area contributed by atoms with Gasteiger partial charge in [0.1, 0.15) is 5.82 Å². The largest absolute Gasteiger partial charge is 0.324 e. The minimum atomic E-state index is -0.215. The Kier molecular flexibility index (Phi) is 3.77. The summed E-state index contributed by atoms with van der Waals surface area (Å²) in [5.41, 5.74) is 8.96. The highest BCUT2D eigenvalue weighted by atomic mass is 19.1. The molecule has 0 fully saturated rings. The molecule has 1 heterocycles. The average Bonchev–Trinajstić information content (AvgIpc) is 2.81. The van der Waals surface area contributed by atoms with E-state index in [0.717, 1.165) is 23.1 Å². The summed E-state index contributed by atoms with van der Waals surface area (Å²) in [6.45, 7) is 4.58. The van der Waals surface area contributed by atoms with Crippen molar-refractivity contribution in [2.24, 2.45) is 5.73 Å². The Labute approximate surface area is 106 Å². The van der Waals surface area contributed by atoms with Crippen molar-refractivity contribution in [1.29, 1.82) is 0 Å². The van der Waals surface area contributed by atoms with Crippen molar-refractivity contribution >= 4 is 0 Å². The quantitative estimate of drug-likeness (QED) is 0.902. The van der Waals surface area contributed by atoms with Crippen molar-refractivity contribution in [3.63, 3.8) is 0 Å². The fourth-order valence-corrected chi connectivity index (χ4v) is 1.88. The number of hydrogen-bond donors (Lipinski definition) is 1. The van der Waals surface area contributed by atoms with Gasteiger partial charge in [0.2, 0.25) is 0 Å². The second-order valence-corrected chi connectivity index (χ2v) is 4.56. The van der Waals surface area contributed by atoms with E-state index in [2.05, 4.69) is 5.10 Å². The second kappa shape index (κ2) is 5.31. The van der Waals surface area contributed by atoms with Crippen molar-refractivity contribution < 1.29 is 4.39 Å². The molecular formula is C14H18FN3. The third-order valence-electron chi connectivity index (χ3n) is 3.16. The lowest BCUT2D eigenvalue weighted by molar-refractivity contribution is 0.617. The van der Waals surface area contributed by atoms with E-state index >= 15 is 0 Å². The van der Waals surface area contributed by atoms with Crippen LogP contribution in [0.5, 0.6) is 0 Å². The number of aryl methyl sites for hydroxylation is 1. The lowest BCUT2D eigenvalue weighted by atomic mass is 10.1. The van der Waals surface area contributed by atoms with Crippen LogP contribution in [-0.4, -0.2) is 9.78 Å². The zero-order valence-electron chi connectivity index (χ0n) is 10.7. The van der Waals surface area contributed by atoms with E-state index < -0.39 is 0 Å². The van der Waals surface area contributed by atoms with Crippen LogP contribution in [-0.2, 0) is 6.54 Å². The van der Waals surface area contributed by atoms with Crippen LogP contribution in [0.3, 0.4) is 0 Å². The van der Waals surface area contributed by atoms with Gasteiger partial charge in [0.05, 0.1) is 12.7 Å². The molecule has 2 N–H and O–H groups in total. The highest BCUT2D eigenvalue weighted by Crippen LogP contribution is 2.15. The predicted molar refractivity (Wildman–Crippen MR) is 69.7 cm³/mol. The fraction of sp³-hybridized carbons (Fsp3) is 0.357. The Morgan fingerprint density at radius 2 is 2.22 bits per heavy atom. The highest BCUT2D eigenvalue weighted by Gasteiger charge is 2.07. The predicted octanol–water partition coefficient (Wildman–Crippen LogP) is 2.79. The zero-order chi connectivity index (χ0) is 13.1. The first-order valence-electron chi connectivity index (χ1n) is 6.13. The number of halogens is 1. The summed E-state index contributed by atoms with van der Waals surface area (Å²) in [5, 5.41) is 4.27. The number of nitrogens with zero attached hydrogens (tertiary/aromatic N) is 2. The van der Waals surface area contributed by atoms with E-state index in [0.29, 0.717) is 6.54 Å². The molecule has 0 amide bonds. The molecule has 0 aliphatic carbocycles. The Bertz CT molecular complexity index is 534. The molecule has 0 saturated heterocycles. The van der Waals surface area contributed by atoms with E-state index in [-0.39, 0.29) is 11.9 Å². The molecule has 0 aliphatic rings.